The first-order valence-corrected chi connectivity index (χ1v) is 9.73. The molecule has 142 valence electrons. The van der Waals surface area contributed by atoms with Gasteiger partial charge in [0.05, 0.1) is 12.2 Å². The molecular formula is C20H29N3O3. The number of hydrogen-bond acceptors (Lipinski definition) is 3. The monoisotopic (exact) mass is 359 g/mol. The van der Waals surface area contributed by atoms with Gasteiger partial charge in [0, 0.05) is 25.6 Å². The first-order chi connectivity index (χ1) is 12.6. The number of ether oxygens (including phenoxy) is 1. The van der Waals surface area contributed by atoms with Crippen LogP contribution in [0.25, 0.3) is 0 Å². The van der Waals surface area contributed by atoms with Gasteiger partial charge in [-0.25, -0.2) is 4.79 Å². The van der Waals surface area contributed by atoms with Crippen LogP contribution >= 0.6 is 0 Å². The fourth-order valence-corrected chi connectivity index (χ4v) is 3.59. The van der Waals surface area contributed by atoms with Crippen molar-refractivity contribution < 1.29 is 14.3 Å². The summed E-state index contributed by atoms with van der Waals surface area (Å²) in [5, 5.41) is 2.97. The van der Waals surface area contributed by atoms with E-state index in [2.05, 4.69) is 12.2 Å². The highest BCUT2D eigenvalue weighted by molar-refractivity contribution is 5.94. The Morgan fingerprint density at radius 1 is 1.19 bits per heavy atom. The van der Waals surface area contributed by atoms with Crippen LogP contribution in [0.5, 0.6) is 5.75 Å². The molecule has 0 bridgehead atoms. The Morgan fingerprint density at radius 2 is 1.92 bits per heavy atom. The number of urea groups is 1. The largest absolute Gasteiger partial charge is 0.486 e. The topological polar surface area (TPSA) is 61.9 Å². The summed E-state index contributed by atoms with van der Waals surface area (Å²) in [4.78, 5) is 29.0. The van der Waals surface area contributed by atoms with E-state index in [1.54, 1.807) is 0 Å². The molecule has 1 atom stereocenters. The van der Waals surface area contributed by atoms with Gasteiger partial charge >= 0.3 is 6.03 Å². The third-order valence-corrected chi connectivity index (χ3v) is 5.21. The highest BCUT2D eigenvalue weighted by atomic mass is 16.5. The van der Waals surface area contributed by atoms with Gasteiger partial charge < -0.3 is 15.0 Å². The van der Waals surface area contributed by atoms with Crippen LogP contribution in [-0.2, 0) is 4.79 Å². The van der Waals surface area contributed by atoms with Crippen molar-refractivity contribution in [1.82, 2.24) is 10.2 Å². The molecule has 3 rings (SSSR count). The lowest BCUT2D eigenvalue weighted by Crippen LogP contribution is -2.52. The maximum atomic E-state index is 13.1. The van der Waals surface area contributed by atoms with Gasteiger partial charge in [-0.2, -0.15) is 0 Å². The molecule has 1 saturated heterocycles. The first kappa shape index (κ1) is 18.5. The van der Waals surface area contributed by atoms with Gasteiger partial charge in [0.25, 0.3) is 0 Å². The number of carbonyl (C=O) groups is 2. The minimum atomic E-state index is 0.0194. The summed E-state index contributed by atoms with van der Waals surface area (Å²) in [6.07, 6.45) is 3.27. The molecule has 0 radical (unpaired) electrons. The average Bonchev–Trinajstić information content (AvgIpc) is 2.70. The maximum absolute atomic E-state index is 13.1. The minimum absolute atomic E-state index is 0.0194. The molecule has 26 heavy (non-hydrogen) atoms. The van der Waals surface area contributed by atoms with Crippen LogP contribution in [0.1, 0.15) is 39.5 Å². The molecular weight excluding hydrogens is 330 g/mol. The molecule has 2 aliphatic heterocycles. The summed E-state index contributed by atoms with van der Waals surface area (Å²) in [7, 11) is 0. The molecule has 0 saturated carbocycles. The summed E-state index contributed by atoms with van der Waals surface area (Å²) < 4.78 is 5.97. The van der Waals surface area contributed by atoms with Crippen LogP contribution in [0.2, 0.25) is 0 Å². The second kappa shape index (κ2) is 8.43. The van der Waals surface area contributed by atoms with Crippen molar-refractivity contribution in [3.8, 4) is 5.75 Å². The lowest BCUT2D eigenvalue weighted by atomic mass is 9.96. The lowest BCUT2D eigenvalue weighted by molar-refractivity contribution is -0.126. The highest BCUT2D eigenvalue weighted by Crippen LogP contribution is 2.34. The molecule has 0 spiro atoms. The molecule has 1 aromatic rings. The molecule has 6 nitrogen and oxygen atoms in total. The SMILES string of the molecule is CCCNC(=O)C1CCN(C(=O)N2C[C@H](CC)Oc3ccccc32)CC1. The fourth-order valence-electron chi connectivity index (χ4n) is 3.59. The molecule has 0 unspecified atom stereocenters. The Morgan fingerprint density at radius 3 is 2.62 bits per heavy atom. The zero-order valence-electron chi connectivity index (χ0n) is 15.7. The number of carbonyl (C=O) groups excluding carboxylic acids is 2. The molecule has 1 fully saturated rings. The van der Waals surface area contributed by atoms with Gasteiger partial charge in [0.2, 0.25) is 5.91 Å². The normalized spacial score (nSPS) is 20.3. The van der Waals surface area contributed by atoms with E-state index in [1.165, 1.54) is 0 Å². The lowest BCUT2D eigenvalue weighted by Gasteiger charge is -2.39. The second-order valence-corrected chi connectivity index (χ2v) is 7.06. The predicted octanol–water partition coefficient (Wildman–Crippen LogP) is 3.02. The smallest absolute Gasteiger partial charge is 0.324 e. The number of likely N-dealkylation sites (tertiary alicyclic amines) is 1. The molecule has 0 aliphatic carbocycles. The number of benzene rings is 1. The number of nitrogens with zero attached hydrogens (tertiary/aromatic N) is 2. The Kier molecular flexibility index (Phi) is 6.01. The summed E-state index contributed by atoms with van der Waals surface area (Å²) in [5.41, 5.74) is 0.838. The molecule has 2 aliphatic rings. The van der Waals surface area contributed by atoms with Gasteiger partial charge in [-0.15, -0.1) is 0 Å². The highest BCUT2D eigenvalue weighted by Gasteiger charge is 2.34. The molecule has 3 amide bonds. The van der Waals surface area contributed by atoms with Crippen molar-refractivity contribution >= 4 is 17.6 Å². The van der Waals surface area contributed by atoms with Crippen LogP contribution in [0.3, 0.4) is 0 Å². The number of fused-ring (bicyclic) bond motifs is 1. The van der Waals surface area contributed by atoms with Crippen LogP contribution < -0.4 is 15.0 Å². The van der Waals surface area contributed by atoms with E-state index < -0.39 is 0 Å². The summed E-state index contributed by atoms with van der Waals surface area (Å²) >= 11 is 0. The van der Waals surface area contributed by atoms with Crippen LogP contribution in [-0.4, -0.2) is 49.1 Å². The summed E-state index contributed by atoms with van der Waals surface area (Å²) in [6, 6.07) is 7.73. The molecule has 1 N–H and O–H groups in total. The van der Waals surface area contributed by atoms with E-state index in [0.717, 1.165) is 43.7 Å². The Hall–Kier alpha value is -2.24. The zero-order chi connectivity index (χ0) is 18.5. The number of hydrogen-bond donors (Lipinski definition) is 1. The van der Waals surface area contributed by atoms with Gasteiger partial charge in [-0.05, 0) is 37.8 Å². The van der Waals surface area contributed by atoms with Gasteiger partial charge in [-0.1, -0.05) is 26.0 Å². The number of piperidine rings is 1. The van der Waals surface area contributed by atoms with Gasteiger partial charge in [0.1, 0.15) is 11.9 Å². The van der Waals surface area contributed by atoms with E-state index >= 15 is 0 Å². The Balaban J connectivity index is 1.64. The van der Waals surface area contributed by atoms with E-state index in [4.69, 9.17) is 4.74 Å². The summed E-state index contributed by atoms with van der Waals surface area (Å²) in [5.74, 6) is 0.917. The number of rotatable bonds is 4. The van der Waals surface area contributed by atoms with Crippen LogP contribution in [0, 0.1) is 5.92 Å². The van der Waals surface area contributed by atoms with E-state index in [-0.39, 0.29) is 24.0 Å². The minimum Gasteiger partial charge on any atom is -0.486 e. The van der Waals surface area contributed by atoms with Crippen molar-refractivity contribution in [2.75, 3.05) is 31.1 Å². The average molecular weight is 359 g/mol. The van der Waals surface area contributed by atoms with Crippen LogP contribution in [0.4, 0.5) is 10.5 Å². The van der Waals surface area contributed by atoms with Crippen molar-refractivity contribution in [3.05, 3.63) is 24.3 Å². The fraction of sp³-hybridized carbons (Fsp3) is 0.600. The zero-order valence-corrected chi connectivity index (χ0v) is 15.7. The quantitative estimate of drug-likeness (QED) is 0.899. The first-order valence-electron chi connectivity index (χ1n) is 9.73. The molecule has 1 aromatic carbocycles. The third kappa shape index (κ3) is 3.94. The van der Waals surface area contributed by atoms with E-state index in [1.807, 2.05) is 41.0 Å². The van der Waals surface area contributed by atoms with Crippen LogP contribution in [0.15, 0.2) is 24.3 Å². The predicted molar refractivity (Wildman–Crippen MR) is 101 cm³/mol. The maximum Gasteiger partial charge on any atom is 0.324 e. The van der Waals surface area contributed by atoms with E-state index in [0.29, 0.717) is 19.6 Å². The molecule has 2 heterocycles. The van der Waals surface area contributed by atoms with Crippen molar-refractivity contribution in [3.63, 3.8) is 0 Å². The molecule has 6 heteroatoms. The Labute approximate surface area is 155 Å². The number of nitrogens with one attached hydrogen (secondary N) is 1. The Bertz CT molecular complexity index is 641. The van der Waals surface area contributed by atoms with Crippen molar-refractivity contribution in [2.45, 2.75) is 45.6 Å². The van der Waals surface area contributed by atoms with E-state index in [9.17, 15) is 9.59 Å². The molecule has 0 aromatic heterocycles. The van der Waals surface area contributed by atoms with Crippen molar-refractivity contribution in [1.29, 1.82) is 0 Å². The van der Waals surface area contributed by atoms with Gasteiger partial charge in [-0.3, -0.25) is 9.69 Å². The third-order valence-electron chi connectivity index (χ3n) is 5.21. The number of para-hydroxylation sites is 2. The summed E-state index contributed by atoms with van der Waals surface area (Å²) in [6.45, 7) is 6.66. The van der Waals surface area contributed by atoms with Gasteiger partial charge in [0.15, 0.2) is 0 Å². The van der Waals surface area contributed by atoms with Crippen molar-refractivity contribution in [2.24, 2.45) is 5.92 Å². The second-order valence-electron chi connectivity index (χ2n) is 7.06. The standard InChI is InChI=1S/C20H29N3O3/c1-3-11-21-19(24)15-9-12-22(13-10-15)20(25)23-14-16(4-2)26-18-8-6-5-7-17(18)23/h5-8,15-16H,3-4,9-14H2,1-2H3,(H,21,24)/t16-/m0/s1. The number of amides is 3. The number of anilines is 1.